The minimum atomic E-state index is -0.441. The van der Waals surface area contributed by atoms with Crippen LogP contribution in [0.25, 0.3) is 0 Å². The van der Waals surface area contributed by atoms with Crippen LogP contribution in [0.15, 0.2) is 23.0 Å². The standard InChI is InChI=1S/C24H33N3O4S/c1-18-6-7-19(32-18)17-26-11-8-20-23(24(29)30-2)21(16-22(28)27(20)13-12-26)31-15-14-25-9-4-3-5-10-25/h6-7,16H,3-5,8-15,17H2,1-2H3. The molecule has 1 saturated heterocycles. The number of pyridine rings is 1. The largest absolute Gasteiger partial charge is 0.491 e. The third-order valence-corrected chi connectivity index (χ3v) is 7.35. The molecule has 32 heavy (non-hydrogen) atoms. The van der Waals surface area contributed by atoms with Gasteiger partial charge >= 0.3 is 5.97 Å². The lowest BCUT2D eigenvalue weighted by Crippen LogP contribution is -2.34. The van der Waals surface area contributed by atoms with Crippen molar-refractivity contribution in [3.8, 4) is 5.75 Å². The normalized spacial score (nSPS) is 17.6. The van der Waals surface area contributed by atoms with Crippen molar-refractivity contribution in [1.82, 2.24) is 14.4 Å². The van der Waals surface area contributed by atoms with Gasteiger partial charge in [-0.2, -0.15) is 0 Å². The fraction of sp³-hybridized carbons (Fsp3) is 0.583. The van der Waals surface area contributed by atoms with E-state index in [-0.39, 0.29) is 5.56 Å². The van der Waals surface area contributed by atoms with Crippen molar-refractivity contribution >= 4 is 17.3 Å². The van der Waals surface area contributed by atoms with E-state index in [0.717, 1.165) is 45.0 Å². The van der Waals surface area contributed by atoms with Crippen molar-refractivity contribution in [3.05, 3.63) is 49.6 Å². The zero-order chi connectivity index (χ0) is 22.5. The van der Waals surface area contributed by atoms with Gasteiger partial charge in [0, 0.05) is 60.7 Å². The molecule has 7 nitrogen and oxygen atoms in total. The van der Waals surface area contributed by atoms with Gasteiger partial charge < -0.3 is 14.0 Å². The van der Waals surface area contributed by atoms with Gasteiger partial charge in [-0.15, -0.1) is 11.3 Å². The minimum absolute atomic E-state index is 0.116. The molecule has 0 spiro atoms. The topological polar surface area (TPSA) is 64.0 Å². The third kappa shape index (κ3) is 5.42. The average Bonchev–Trinajstić information content (AvgIpc) is 3.08. The number of thiophene rings is 1. The number of carbonyl (C=O) groups is 1. The number of piperidine rings is 1. The molecule has 2 aromatic rings. The fourth-order valence-electron chi connectivity index (χ4n) is 4.65. The monoisotopic (exact) mass is 459 g/mol. The summed E-state index contributed by atoms with van der Waals surface area (Å²) in [6.45, 7) is 8.48. The summed E-state index contributed by atoms with van der Waals surface area (Å²) in [5.74, 6) is -0.0866. The molecule has 0 aliphatic carbocycles. The molecule has 4 rings (SSSR count). The predicted molar refractivity (Wildman–Crippen MR) is 126 cm³/mol. The van der Waals surface area contributed by atoms with Crippen LogP contribution >= 0.6 is 11.3 Å². The van der Waals surface area contributed by atoms with Gasteiger partial charge in [0.05, 0.1) is 7.11 Å². The van der Waals surface area contributed by atoms with Crippen molar-refractivity contribution in [2.75, 3.05) is 46.4 Å². The van der Waals surface area contributed by atoms with E-state index in [2.05, 4.69) is 28.9 Å². The molecule has 1 fully saturated rings. The van der Waals surface area contributed by atoms with E-state index < -0.39 is 5.97 Å². The lowest BCUT2D eigenvalue weighted by molar-refractivity contribution is 0.0592. The maximum absolute atomic E-state index is 12.9. The van der Waals surface area contributed by atoms with Gasteiger partial charge in [0.2, 0.25) is 0 Å². The molecule has 4 heterocycles. The summed E-state index contributed by atoms with van der Waals surface area (Å²) in [5, 5.41) is 0. The molecule has 0 unspecified atom stereocenters. The van der Waals surface area contributed by atoms with Crippen LogP contribution in [0, 0.1) is 6.92 Å². The van der Waals surface area contributed by atoms with Crippen LogP contribution in [-0.4, -0.2) is 66.8 Å². The Morgan fingerprint density at radius 3 is 2.59 bits per heavy atom. The van der Waals surface area contributed by atoms with Crippen LogP contribution in [0.4, 0.5) is 0 Å². The Hall–Kier alpha value is -2.16. The van der Waals surface area contributed by atoms with E-state index in [0.29, 0.717) is 30.9 Å². The van der Waals surface area contributed by atoms with E-state index in [4.69, 9.17) is 9.47 Å². The molecular formula is C24H33N3O4S. The number of fused-ring (bicyclic) bond motifs is 1. The first kappa shape index (κ1) is 23.0. The van der Waals surface area contributed by atoms with Crippen LogP contribution < -0.4 is 10.3 Å². The molecule has 0 radical (unpaired) electrons. The molecule has 2 aromatic heterocycles. The number of hydrogen-bond acceptors (Lipinski definition) is 7. The molecule has 0 N–H and O–H groups in total. The summed E-state index contributed by atoms with van der Waals surface area (Å²) >= 11 is 1.80. The predicted octanol–water partition coefficient (Wildman–Crippen LogP) is 2.93. The Morgan fingerprint density at radius 1 is 1.06 bits per heavy atom. The minimum Gasteiger partial charge on any atom is -0.491 e. The van der Waals surface area contributed by atoms with E-state index in [9.17, 15) is 9.59 Å². The molecular weight excluding hydrogens is 426 g/mol. The number of esters is 1. The summed E-state index contributed by atoms with van der Waals surface area (Å²) < 4.78 is 12.8. The molecule has 0 atom stereocenters. The van der Waals surface area contributed by atoms with E-state index >= 15 is 0 Å². The summed E-state index contributed by atoms with van der Waals surface area (Å²) in [6.07, 6.45) is 4.33. The highest BCUT2D eigenvalue weighted by molar-refractivity contribution is 7.11. The Labute approximate surface area is 193 Å². The maximum Gasteiger partial charge on any atom is 0.343 e. The smallest absolute Gasteiger partial charge is 0.343 e. The second-order valence-electron chi connectivity index (χ2n) is 8.60. The number of aromatic nitrogens is 1. The zero-order valence-electron chi connectivity index (χ0n) is 19.1. The van der Waals surface area contributed by atoms with Crippen molar-refractivity contribution in [1.29, 1.82) is 0 Å². The van der Waals surface area contributed by atoms with Gasteiger partial charge in [-0.05, 0) is 45.0 Å². The number of ether oxygens (including phenoxy) is 2. The first-order valence-electron chi connectivity index (χ1n) is 11.5. The quantitative estimate of drug-likeness (QED) is 0.594. The first-order chi connectivity index (χ1) is 15.5. The number of nitrogens with zero attached hydrogens (tertiary/aromatic N) is 3. The lowest BCUT2D eigenvalue weighted by Gasteiger charge is -2.26. The van der Waals surface area contributed by atoms with Crippen LogP contribution in [0.3, 0.4) is 0 Å². The van der Waals surface area contributed by atoms with Crippen LogP contribution in [0.2, 0.25) is 0 Å². The first-order valence-corrected chi connectivity index (χ1v) is 12.3. The van der Waals surface area contributed by atoms with E-state index in [1.165, 1.54) is 42.2 Å². The van der Waals surface area contributed by atoms with E-state index in [1.54, 1.807) is 15.9 Å². The maximum atomic E-state index is 12.9. The second kappa shape index (κ2) is 10.6. The Kier molecular flexibility index (Phi) is 7.65. The molecule has 0 bridgehead atoms. The third-order valence-electron chi connectivity index (χ3n) is 6.36. The highest BCUT2D eigenvalue weighted by Gasteiger charge is 2.26. The van der Waals surface area contributed by atoms with Gasteiger partial charge in [0.1, 0.15) is 17.9 Å². The molecule has 8 heteroatoms. The van der Waals surface area contributed by atoms with Gasteiger partial charge in [-0.1, -0.05) is 6.42 Å². The summed E-state index contributed by atoms with van der Waals surface area (Å²) in [7, 11) is 1.38. The zero-order valence-corrected chi connectivity index (χ0v) is 19.9. The van der Waals surface area contributed by atoms with Crippen LogP contribution in [0.1, 0.15) is 45.1 Å². The van der Waals surface area contributed by atoms with Gasteiger partial charge in [-0.25, -0.2) is 4.79 Å². The van der Waals surface area contributed by atoms with Gasteiger partial charge in [0.25, 0.3) is 5.56 Å². The Bertz CT molecular complexity index is 994. The van der Waals surface area contributed by atoms with Crippen molar-refractivity contribution in [3.63, 3.8) is 0 Å². The van der Waals surface area contributed by atoms with Gasteiger partial charge in [-0.3, -0.25) is 14.6 Å². The fourth-order valence-corrected chi connectivity index (χ4v) is 5.58. The Morgan fingerprint density at radius 2 is 1.88 bits per heavy atom. The van der Waals surface area contributed by atoms with Crippen molar-refractivity contribution in [2.24, 2.45) is 0 Å². The van der Waals surface area contributed by atoms with E-state index in [1.807, 2.05) is 0 Å². The SMILES string of the molecule is COC(=O)c1c(OCCN2CCCCC2)cc(=O)n2c1CCN(Cc1ccc(C)s1)CC2. The number of methoxy groups -OCH3 is 1. The molecule has 2 aliphatic heterocycles. The highest BCUT2D eigenvalue weighted by Crippen LogP contribution is 2.25. The Balaban J connectivity index is 1.52. The van der Waals surface area contributed by atoms with Gasteiger partial charge in [0.15, 0.2) is 0 Å². The lowest BCUT2D eigenvalue weighted by atomic mass is 10.1. The number of hydrogen-bond donors (Lipinski definition) is 0. The average molecular weight is 460 g/mol. The molecule has 174 valence electrons. The second-order valence-corrected chi connectivity index (χ2v) is 9.97. The molecule has 2 aliphatic rings. The molecule has 0 amide bonds. The number of rotatable bonds is 7. The summed E-state index contributed by atoms with van der Waals surface area (Å²) in [4.78, 5) is 33.0. The summed E-state index contributed by atoms with van der Waals surface area (Å²) in [6, 6.07) is 5.77. The summed E-state index contributed by atoms with van der Waals surface area (Å²) in [5.41, 5.74) is 1.01. The van der Waals surface area contributed by atoms with Crippen molar-refractivity contribution < 1.29 is 14.3 Å². The van der Waals surface area contributed by atoms with Crippen LogP contribution in [-0.2, 0) is 24.2 Å². The number of aryl methyl sites for hydroxylation is 1. The molecule has 0 aromatic carbocycles. The van der Waals surface area contributed by atoms with Crippen molar-refractivity contribution in [2.45, 2.75) is 45.7 Å². The van der Waals surface area contributed by atoms with Crippen LogP contribution in [0.5, 0.6) is 5.75 Å². The number of likely N-dealkylation sites (tertiary alicyclic amines) is 1. The highest BCUT2D eigenvalue weighted by atomic mass is 32.1. The molecule has 0 saturated carbocycles. The number of carbonyl (C=O) groups excluding carboxylic acids is 1.